The molecule has 0 aromatic heterocycles. The standard InChI is InChI=1S/C36H54N6O3/c1-3-28-10-9-27(25-29(28)4-2)26-34(35(43)41-19-14-32(15-20-41)40-21-23-45-24-22-40)39-36(44)42-17-12-31(13-18-42)38-16-11-30-7-5-6-8-33(30)37/h5-10,25,31-32,34,38H,3-4,11-24,26,37H2,1-2H3,(H,39,44)/t34-/m1/s1. The lowest BCUT2D eigenvalue weighted by atomic mass is 9.95. The molecule has 0 bridgehead atoms. The number of carbonyl (C=O) groups excluding carboxylic acids is 2. The molecule has 3 fully saturated rings. The summed E-state index contributed by atoms with van der Waals surface area (Å²) in [5.41, 5.74) is 11.9. The molecule has 3 aliphatic heterocycles. The molecule has 3 aliphatic rings. The minimum Gasteiger partial charge on any atom is -0.399 e. The number of nitrogens with one attached hydrogen (secondary N) is 2. The van der Waals surface area contributed by atoms with E-state index in [0.29, 0.717) is 31.6 Å². The molecule has 9 nitrogen and oxygen atoms in total. The second kappa shape index (κ2) is 16.4. The van der Waals surface area contributed by atoms with E-state index in [2.05, 4.69) is 53.6 Å². The lowest BCUT2D eigenvalue weighted by Crippen LogP contribution is -2.57. The Labute approximate surface area is 269 Å². The number of amides is 3. The number of hydrogen-bond donors (Lipinski definition) is 3. The smallest absolute Gasteiger partial charge is 0.318 e. The summed E-state index contributed by atoms with van der Waals surface area (Å²) in [4.78, 5) is 34.0. The van der Waals surface area contributed by atoms with Crippen molar-refractivity contribution in [2.75, 3.05) is 64.8 Å². The van der Waals surface area contributed by atoms with Crippen LogP contribution in [-0.4, -0.2) is 104 Å². The van der Waals surface area contributed by atoms with Gasteiger partial charge in [0.2, 0.25) is 5.91 Å². The topological polar surface area (TPSA) is 103 Å². The van der Waals surface area contributed by atoms with Crippen LogP contribution >= 0.6 is 0 Å². The van der Waals surface area contributed by atoms with Crippen LogP contribution in [0.3, 0.4) is 0 Å². The minimum absolute atomic E-state index is 0.0399. The van der Waals surface area contributed by atoms with Gasteiger partial charge in [-0.1, -0.05) is 50.2 Å². The molecular formula is C36H54N6O3. The summed E-state index contributed by atoms with van der Waals surface area (Å²) >= 11 is 0. The predicted molar refractivity (Wildman–Crippen MR) is 180 cm³/mol. The molecule has 5 rings (SSSR count). The summed E-state index contributed by atoms with van der Waals surface area (Å²) in [6.07, 6.45) is 7.06. The Kier molecular flexibility index (Phi) is 12.1. The van der Waals surface area contributed by atoms with E-state index >= 15 is 0 Å². The van der Waals surface area contributed by atoms with Gasteiger partial charge in [-0.15, -0.1) is 0 Å². The molecule has 3 heterocycles. The third-order valence-electron chi connectivity index (χ3n) is 10.1. The van der Waals surface area contributed by atoms with Gasteiger partial charge in [0.15, 0.2) is 0 Å². The zero-order chi connectivity index (χ0) is 31.6. The fourth-order valence-corrected chi connectivity index (χ4v) is 7.23. The molecule has 0 spiro atoms. The number of nitrogens with two attached hydrogens (primary N) is 1. The Balaban J connectivity index is 1.17. The molecule has 4 N–H and O–H groups in total. The Hall–Kier alpha value is -3.14. The summed E-state index contributed by atoms with van der Waals surface area (Å²) in [6.45, 7) is 11.6. The second-order valence-corrected chi connectivity index (χ2v) is 12.9. The van der Waals surface area contributed by atoms with Gasteiger partial charge >= 0.3 is 6.03 Å². The molecule has 246 valence electrons. The average molecular weight is 619 g/mol. The second-order valence-electron chi connectivity index (χ2n) is 12.9. The van der Waals surface area contributed by atoms with Crippen LogP contribution in [0.2, 0.25) is 0 Å². The normalized spacial score (nSPS) is 19.4. The summed E-state index contributed by atoms with van der Waals surface area (Å²) in [5.74, 6) is 0.0399. The van der Waals surface area contributed by atoms with Gasteiger partial charge in [0.25, 0.3) is 0 Å². The van der Waals surface area contributed by atoms with Crippen molar-refractivity contribution < 1.29 is 14.3 Å². The van der Waals surface area contributed by atoms with Crippen molar-refractivity contribution in [2.24, 2.45) is 0 Å². The van der Waals surface area contributed by atoms with Gasteiger partial charge in [-0.3, -0.25) is 9.69 Å². The van der Waals surface area contributed by atoms with Crippen LogP contribution in [-0.2, 0) is 35.2 Å². The van der Waals surface area contributed by atoms with Crippen molar-refractivity contribution >= 4 is 17.6 Å². The minimum atomic E-state index is -0.582. The number of piperidine rings is 2. The van der Waals surface area contributed by atoms with Gasteiger partial charge in [-0.25, -0.2) is 4.79 Å². The number of anilines is 1. The van der Waals surface area contributed by atoms with Gasteiger partial charge in [-0.2, -0.15) is 0 Å². The van der Waals surface area contributed by atoms with Crippen molar-refractivity contribution in [3.05, 3.63) is 64.7 Å². The molecule has 0 radical (unpaired) electrons. The molecule has 3 saturated heterocycles. The summed E-state index contributed by atoms with van der Waals surface area (Å²) in [5, 5.41) is 6.85. The number of morpholine rings is 1. The first kappa shape index (κ1) is 33.2. The maximum absolute atomic E-state index is 14.0. The van der Waals surface area contributed by atoms with Crippen LogP contribution in [0.5, 0.6) is 0 Å². The number of likely N-dealkylation sites (tertiary alicyclic amines) is 2. The Morgan fingerprint density at radius 2 is 1.56 bits per heavy atom. The number of carbonyl (C=O) groups is 2. The average Bonchev–Trinajstić information content (AvgIpc) is 3.09. The number of para-hydroxylation sites is 1. The van der Waals surface area contributed by atoms with E-state index in [1.807, 2.05) is 28.0 Å². The zero-order valence-corrected chi connectivity index (χ0v) is 27.4. The van der Waals surface area contributed by atoms with Crippen molar-refractivity contribution in [1.29, 1.82) is 0 Å². The van der Waals surface area contributed by atoms with Crippen molar-refractivity contribution in [3.8, 4) is 0 Å². The lowest BCUT2D eigenvalue weighted by Gasteiger charge is -2.41. The van der Waals surface area contributed by atoms with Crippen molar-refractivity contribution in [3.63, 3.8) is 0 Å². The molecule has 9 heteroatoms. The van der Waals surface area contributed by atoms with Crippen LogP contribution in [0.1, 0.15) is 61.8 Å². The highest BCUT2D eigenvalue weighted by Crippen LogP contribution is 2.21. The van der Waals surface area contributed by atoms with Gasteiger partial charge in [0.05, 0.1) is 13.2 Å². The third-order valence-corrected chi connectivity index (χ3v) is 10.1. The summed E-state index contributed by atoms with van der Waals surface area (Å²) in [7, 11) is 0. The highest BCUT2D eigenvalue weighted by Gasteiger charge is 2.33. The number of aryl methyl sites for hydroxylation is 2. The fraction of sp³-hybridized carbons (Fsp3) is 0.611. The molecule has 45 heavy (non-hydrogen) atoms. The number of urea groups is 1. The van der Waals surface area contributed by atoms with E-state index in [4.69, 9.17) is 10.5 Å². The van der Waals surface area contributed by atoms with E-state index in [9.17, 15) is 9.59 Å². The monoisotopic (exact) mass is 618 g/mol. The number of rotatable bonds is 11. The summed E-state index contributed by atoms with van der Waals surface area (Å²) in [6, 6.07) is 14.7. The van der Waals surface area contributed by atoms with Crippen molar-refractivity contribution in [1.82, 2.24) is 25.3 Å². The van der Waals surface area contributed by atoms with Gasteiger partial charge < -0.3 is 30.9 Å². The molecule has 0 unspecified atom stereocenters. The Bertz CT molecular complexity index is 1250. The van der Waals surface area contributed by atoms with Crippen LogP contribution in [0, 0.1) is 0 Å². The highest BCUT2D eigenvalue weighted by molar-refractivity contribution is 5.87. The molecule has 2 aromatic carbocycles. The molecule has 0 saturated carbocycles. The van der Waals surface area contributed by atoms with Crippen molar-refractivity contribution in [2.45, 2.75) is 83.3 Å². The molecular weight excluding hydrogens is 564 g/mol. The van der Waals surface area contributed by atoms with E-state index in [-0.39, 0.29) is 11.9 Å². The van der Waals surface area contributed by atoms with Crippen LogP contribution < -0.4 is 16.4 Å². The Morgan fingerprint density at radius 3 is 2.24 bits per heavy atom. The Morgan fingerprint density at radius 1 is 0.867 bits per heavy atom. The van der Waals surface area contributed by atoms with E-state index in [1.165, 1.54) is 16.7 Å². The van der Waals surface area contributed by atoms with Crippen LogP contribution in [0.25, 0.3) is 0 Å². The maximum atomic E-state index is 14.0. The van der Waals surface area contributed by atoms with E-state index in [0.717, 1.165) is 102 Å². The number of nitrogens with zero attached hydrogens (tertiary/aromatic N) is 3. The number of ether oxygens (including phenoxy) is 1. The lowest BCUT2D eigenvalue weighted by molar-refractivity contribution is -0.135. The van der Waals surface area contributed by atoms with E-state index in [1.54, 1.807) is 0 Å². The zero-order valence-electron chi connectivity index (χ0n) is 27.4. The first-order valence-corrected chi connectivity index (χ1v) is 17.3. The fourth-order valence-electron chi connectivity index (χ4n) is 7.23. The quantitative estimate of drug-likeness (QED) is 0.333. The number of nitrogen functional groups attached to an aromatic ring is 1. The van der Waals surface area contributed by atoms with E-state index < -0.39 is 6.04 Å². The van der Waals surface area contributed by atoms with Crippen LogP contribution in [0.15, 0.2) is 42.5 Å². The first-order chi connectivity index (χ1) is 21.9. The molecule has 0 aliphatic carbocycles. The molecule has 3 amide bonds. The SMILES string of the molecule is CCc1ccc(C[C@@H](NC(=O)N2CCC(NCCc3ccccc3N)CC2)C(=O)N2CCC(N3CCOCC3)CC2)cc1CC. The van der Waals surface area contributed by atoms with Crippen LogP contribution in [0.4, 0.5) is 10.5 Å². The number of benzene rings is 2. The van der Waals surface area contributed by atoms with Gasteiger partial charge in [-0.05, 0) is 79.8 Å². The predicted octanol–water partition coefficient (Wildman–Crippen LogP) is 3.63. The highest BCUT2D eigenvalue weighted by atomic mass is 16.5. The maximum Gasteiger partial charge on any atom is 0.318 e. The largest absolute Gasteiger partial charge is 0.399 e. The number of hydrogen-bond acceptors (Lipinski definition) is 6. The molecule has 2 aromatic rings. The first-order valence-electron chi connectivity index (χ1n) is 17.3. The summed E-state index contributed by atoms with van der Waals surface area (Å²) < 4.78 is 5.54. The third kappa shape index (κ3) is 8.99. The molecule has 1 atom stereocenters. The van der Waals surface area contributed by atoms with Gasteiger partial charge in [0, 0.05) is 63.5 Å². The van der Waals surface area contributed by atoms with Gasteiger partial charge in [0.1, 0.15) is 6.04 Å².